The molecule has 0 spiro atoms. The van der Waals surface area contributed by atoms with E-state index in [0.29, 0.717) is 6.54 Å². The zero-order chi connectivity index (χ0) is 15.5. The molecule has 2 aromatic rings. The number of nitrogens with zero attached hydrogens (tertiary/aromatic N) is 3. The van der Waals surface area contributed by atoms with Crippen LogP contribution in [0.5, 0.6) is 0 Å². The van der Waals surface area contributed by atoms with Crippen LogP contribution in [0.2, 0.25) is 0 Å². The third kappa shape index (κ3) is 4.65. The van der Waals surface area contributed by atoms with Gasteiger partial charge in [0.2, 0.25) is 0 Å². The molecule has 0 fully saturated rings. The summed E-state index contributed by atoms with van der Waals surface area (Å²) in [5.41, 5.74) is 1.17. The minimum atomic E-state index is -0.719. The van der Waals surface area contributed by atoms with Crippen molar-refractivity contribution in [2.45, 2.75) is 32.9 Å². The Kier molecular flexibility index (Phi) is 4.75. The summed E-state index contributed by atoms with van der Waals surface area (Å²) < 4.78 is 14.7. The Morgan fingerprint density at radius 1 is 1.29 bits per heavy atom. The van der Waals surface area contributed by atoms with Crippen molar-refractivity contribution >= 4 is 0 Å². The van der Waals surface area contributed by atoms with Gasteiger partial charge in [-0.3, -0.25) is 4.90 Å². The van der Waals surface area contributed by atoms with Crippen molar-refractivity contribution in [3.8, 4) is 5.69 Å². The van der Waals surface area contributed by atoms with Crippen molar-refractivity contribution in [3.05, 3.63) is 48.0 Å². The Morgan fingerprint density at radius 2 is 1.95 bits per heavy atom. The van der Waals surface area contributed by atoms with Gasteiger partial charge in [0.15, 0.2) is 0 Å². The van der Waals surface area contributed by atoms with Crippen molar-refractivity contribution in [1.29, 1.82) is 0 Å². The molecule has 0 saturated carbocycles. The standard InChI is InChI=1S/C16H22FN3O/c1-4-19(12-16(2,3)21)10-13-9-18-20(11-13)15-7-5-14(17)6-8-15/h5-9,11,21H,4,10,12H2,1-3H3. The molecule has 0 unspecified atom stereocenters. The first-order chi connectivity index (χ1) is 9.87. The molecule has 2 rings (SSSR count). The third-order valence-electron chi connectivity index (χ3n) is 3.19. The number of aromatic nitrogens is 2. The molecule has 0 bridgehead atoms. The molecule has 0 aliphatic carbocycles. The van der Waals surface area contributed by atoms with E-state index in [1.165, 1.54) is 12.1 Å². The van der Waals surface area contributed by atoms with E-state index in [2.05, 4.69) is 16.9 Å². The van der Waals surface area contributed by atoms with E-state index in [4.69, 9.17) is 0 Å². The van der Waals surface area contributed by atoms with Gasteiger partial charge in [0.25, 0.3) is 0 Å². The number of rotatable bonds is 6. The highest BCUT2D eigenvalue weighted by molar-refractivity contribution is 5.31. The van der Waals surface area contributed by atoms with Gasteiger partial charge in [-0.2, -0.15) is 5.10 Å². The topological polar surface area (TPSA) is 41.3 Å². The Labute approximate surface area is 124 Å². The average molecular weight is 291 g/mol. The van der Waals surface area contributed by atoms with Gasteiger partial charge in [-0.1, -0.05) is 6.92 Å². The first kappa shape index (κ1) is 15.7. The van der Waals surface area contributed by atoms with Crippen molar-refractivity contribution in [3.63, 3.8) is 0 Å². The highest BCUT2D eigenvalue weighted by Gasteiger charge is 2.17. The SMILES string of the molecule is CCN(Cc1cnn(-c2ccc(F)cc2)c1)CC(C)(C)O. The molecule has 1 aromatic carbocycles. The lowest BCUT2D eigenvalue weighted by molar-refractivity contribution is 0.0353. The van der Waals surface area contributed by atoms with Crippen molar-refractivity contribution < 1.29 is 9.50 Å². The number of halogens is 1. The van der Waals surface area contributed by atoms with E-state index in [9.17, 15) is 9.50 Å². The van der Waals surface area contributed by atoms with E-state index < -0.39 is 5.60 Å². The van der Waals surface area contributed by atoms with Gasteiger partial charge in [-0.25, -0.2) is 9.07 Å². The van der Waals surface area contributed by atoms with E-state index in [1.807, 2.05) is 6.20 Å². The maximum Gasteiger partial charge on any atom is 0.123 e. The van der Waals surface area contributed by atoms with Crippen molar-refractivity contribution in [1.82, 2.24) is 14.7 Å². The Hall–Kier alpha value is -1.72. The summed E-state index contributed by atoms with van der Waals surface area (Å²) in [4.78, 5) is 2.16. The zero-order valence-corrected chi connectivity index (χ0v) is 12.8. The molecule has 1 heterocycles. The summed E-state index contributed by atoms with van der Waals surface area (Å²) >= 11 is 0. The summed E-state index contributed by atoms with van der Waals surface area (Å²) in [7, 11) is 0. The molecular weight excluding hydrogens is 269 g/mol. The van der Waals surface area contributed by atoms with Gasteiger partial charge in [0.05, 0.1) is 17.5 Å². The van der Waals surface area contributed by atoms with Gasteiger partial charge in [-0.15, -0.1) is 0 Å². The molecule has 5 heteroatoms. The van der Waals surface area contributed by atoms with Gasteiger partial charge in [0, 0.05) is 24.8 Å². The first-order valence-corrected chi connectivity index (χ1v) is 7.11. The Balaban J connectivity index is 2.07. The second-order valence-electron chi connectivity index (χ2n) is 5.89. The Morgan fingerprint density at radius 3 is 2.52 bits per heavy atom. The van der Waals surface area contributed by atoms with E-state index >= 15 is 0 Å². The van der Waals surface area contributed by atoms with Gasteiger partial charge in [-0.05, 0) is 44.7 Å². The normalized spacial score (nSPS) is 12.1. The van der Waals surface area contributed by atoms with Crippen LogP contribution < -0.4 is 0 Å². The number of benzene rings is 1. The molecule has 1 aromatic heterocycles. The maximum atomic E-state index is 12.9. The fourth-order valence-corrected chi connectivity index (χ4v) is 2.26. The maximum absolute atomic E-state index is 12.9. The van der Waals surface area contributed by atoms with E-state index in [0.717, 1.165) is 24.3 Å². The summed E-state index contributed by atoms with van der Waals surface area (Å²) in [5, 5.41) is 14.2. The third-order valence-corrected chi connectivity index (χ3v) is 3.19. The van der Waals surface area contributed by atoms with Crippen LogP contribution in [-0.2, 0) is 6.54 Å². The molecule has 21 heavy (non-hydrogen) atoms. The summed E-state index contributed by atoms with van der Waals surface area (Å²) in [6.07, 6.45) is 3.73. The van der Waals surface area contributed by atoms with Crippen LogP contribution >= 0.6 is 0 Å². The molecule has 4 nitrogen and oxygen atoms in total. The quantitative estimate of drug-likeness (QED) is 0.889. The average Bonchev–Trinajstić information content (AvgIpc) is 2.85. The van der Waals surface area contributed by atoms with Gasteiger partial charge < -0.3 is 5.11 Å². The van der Waals surface area contributed by atoms with Crippen LogP contribution in [0.25, 0.3) is 5.69 Å². The summed E-state index contributed by atoms with van der Waals surface area (Å²) in [6.45, 7) is 7.85. The molecule has 0 saturated heterocycles. The molecular formula is C16H22FN3O. The number of hydrogen-bond acceptors (Lipinski definition) is 3. The van der Waals surface area contributed by atoms with Crippen LogP contribution in [-0.4, -0.2) is 38.5 Å². The van der Waals surface area contributed by atoms with Gasteiger partial charge in [0.1, 0.15) is 5.82 Å². The highest BCUT2D eigenvalue weighted by Crippen LogP contribution is 2.12. The smallest absolute Gasteiger partial charge is 0.123 e. The number of aliphatic hydroxyl groups is 1. The number of hydrogen-bond donors (Lipinski definition) is 1. The second-order valence-corrected chi connectivity index (χ2v) is 5.89. The van der Waals surface area contributed by atoms with Crippen LogP contribution in [0.4, 0.5) is 4.39 Å². The highest BCUT2D eigenvalue weighted by atomic mass is 19.1. The van der Waals surface area contributed by atoms with Crippen LogP contribution in [0.15, 0.2) is 36.7 Å². The van der Waals surface area contributed by atoms with Crippen LogP contribution in [0.1, 0.15) is 26.3 Å². The lowest BCUT2D eigenvalue weighted by atomic mass is 10.1. The zero-order valence-electron chi connectivity index (χ0n) is 12.8. The van der Waals surface area contributed by atoms with E-state index in [-0.39, 0.29) is 5.82 Å². The minimum Gasteiger partial charge on any atom is -0.389 e. The fraction of sp³-hybridized carbons (Fsp3) is 0.438. The first-order valence-electron chi connectivity index (χ1n) is 7.11. The van der Waals surface area contributed by atoms with Crippen LogP contribution in [0, 0.1) is 5.82 Å². The molecule has 0 radical (unpaired) electrons. The largest absolute Gasteiger partial charge is 0.389 e. The lowest BCUT2D eigenvalue weighted by Gasteiger charge is -2.27. The molecule has 1 N–H and O–H groups in total. The molecule has 114 valence electrons. The van der Waals surface area contributed by atoms with Crippen LogP contribution in [0.3, 0.4) is 0 Å². The second kappa shape index (κ2) is 6.37. The Bertz CT molecular complexity index is 572. The lowest BCUT2D eigenvalue weighted by Crippen LogP contribution is -2.38. The molecule has 0 aliphatic rings. The minimum absolute atomic E-state index is 0.256. The molecule has 0 aliphatic heterocycles. The predicted molar refractivity (Wildman–Crippen MR) is 80.8 cm³/mol. The number of likely N-dealkylation sites (N-methyl/N-ethyl adjacent to an activating group) is 1. The molecule has 0 atom stereocenters. The summed E-state index contributed by atoms with van der Waals surface area (Å²) in [6, 6.07) is 6.23. The summed E-state index contributed by atoms with van der Waals surface area (Å²) in [5.74, 6) is -0.256. The van der Waals surface area contributed by atoms with Crippen molar-refractivity contribution in [2.75, 3.05) is 13.1 Å². The molecule has 0 amide bonds. The van der Waals surface area contributed by atoms with E-state index in [1.54, 1.807) is 36.9 Å². The fourth-order valence-electron chi connectivity index (χ4n) is 2.26. The predicted octanol–water partition coefficient (Wildman–Crippen LogP) is 2.60. The van der Waals surface area contributed by atoms with Crippen molar-refractivity contribution in [2.24, 2.45) is 0 Å². The monoisotopic (exact) mass is 291 g/mol. The van der Waals surface area contributed by atoms with Gasteiger partial charge >= 0.3 is 0 Å².